The monoisotopic (exact) mass is 224 g/mol. The predicted octanol–water partition coefficient (Wildman–Crippen LogP) is 2.39. The van der Waals surface area contributed by atoms with Gasteiger partial charge in [-0.05, 0) is 26.0 Å². The first-order valence-electron chi connectivity index (χ1n) is 4.93. The van der Waals surface area contributed by atoms with Gasteiger partial charge in [-0.1, -0.05) is 0 Å². The molecule has 0 unspecified atom stereocenters. The number of carbonyl (C=O) groups excluding carboxylic acids is 2. The molecule has 0 aromatic heterocycles. The summed E-state index contributed by atoms with van der Waals surface area (Å²) in [6, 6.07) is 4.04. The van der Waals surface area contributed by atoms with E-state index in [2.05, 4.69) is 0 Å². The Morgan fingerprint density at radius 3 is 2.50 bits per heavy atom. The van der Waals surface area contributed by atoms with E-state index in [1.165, 1.54) is 26.0 Å². The minimum absolute atomic E-state index is 0.0147. The summed E-state index contributed by atoms with van der Waals surface area (Å²) in [5, 5.41) is 0. The molecule has 0 saturated heterocycles. The molecule has 0 aliphatic rings. The summed E-state index contributed by atoms with van der Waals surface area (Å²) in [5.41, 5.74) is 0.0407. The van der Waals surface area contributed by atoms with E-state index in [0.717, 1.165) is 6.07 Å². The first-order chi connectivity index (χ1) is 7.50. The van der Waals surface area contributed by atoms with Crippen LogP contribution < -0.4 is 4.74 Å². The highest BCUT2D eigenvalue weighted by atomic mass is 19.1. The zero-order chi connectivity index (χ0) is 12.1. The summed E-state index contributed by atoms with van der Waals surface area (Å²) in [6.07, 6.45) is 0.288. The molecule has 0 amide bonds. The number of ether oxygens (including phenoxy) is 1. The van der Waals surface area contributed by atoms with E-state index in [-0.39, 0.29) is 30.2 Å². The second-order valence-corrected chi connectivity index (χ2v) is 3.50. The van der Waals surface area contributed by atoms with Crippen molar-refractivity contribution in [1.29, 1.82) is 0 Å². The van der Waals surface area contributed by atoms with Gasteiger partial charge >= 0.3 is 0 Å². The quantitative estimate of drug-likeness (QED) is 0.721. The second kappa shape index (κ2) is 5.39. The average molecular weight is 224 g/mol. The van der Waals surface area contributed by atoms with Crippen molar-refractivity contribution in [3.05, 3.63) is 29.6 Å². The minimum Gasteiger partial charge on any atom is -0.493 e. The molecule has 86 valence electrons. The lowest BCUT2D eigenvalue weighted by Gasteiger charge is -2.06. The van der Waals surface area contributed by atoms with Gasteiger partial charge in [-0.15, -0.1) is 0 Å². The SMILES string of the molecule is CC(=O)CCOc1ccc(C(C)=O)c(F)c1. The van der Waals surface area contributed by atoms with E-state index in [1.54, 1.807) is 0 Å². The highest BCUT2D eigenvalue weighted by Crippen LogP contribution is 2.17. The lowest BCUT2D eigenvalue weighted by Crippen LogP contribution is -2.04. The maximum absolute atomic E-state index is 13.3. The third-order valence-corrected chi connectivity index (χ3v) is 2.04. The molecule has 0 bridgehead atoms. The zero-order valence-electron chi connectivity index (χ0n) is 9.25. The van der Waals surface area contributed by atoms with Crippen molar-refractivity contribution in [3.63, 3.8) is 0 Å². The van der Waals surface area contributed by atoms with Crippen LogP contribution >= 0.6 is 0 Å². The van der Waals surface area contributed by atoms with Gasteiger partial charge in [0.1, 0.15) is 17.3 Å². The summed E-state index contributed by atoms with van der Waals surface area (Å²) in [4.78, 5) is 21.6. The van der Waals surface area contributed by atoms with Gasteiger partial charge in [-0.25, -0.2) is 4.39 Å². The number of rotatable bonds is 5. The maximum Gasteiger partial charge on any atom is 0.162 e. The van der Waals surface area contributed by atoms with E-state index in [0.29, 0.717) is 5.75 Å². The van der Waals surface area contributed by atoms with Crippen molar-refractivity contribution < 1.29 is 18.7 Å². The van der Waals surface area contributed by atoms with Crippen LogP contribution in [-0.4, -0.2) is 18.2 Å². The number of carbonyl (C=O) groups is 2. The van der Waals surface area contributed by atoms with Crippen LogP contribution in [0.3, 0.4) is 0 Å². The Kier molecular flexibility index (Phi) is 4.17. The largest absolute Gasteiger partial charge is 0.493 e. The highest BCUT2D eigenvalue weighted by Gasteiger charge is 2.08. The van der Waals surface area contributed by atoms with Crippen LogP contribution in [0.1, 0.15) is 30.6 Å². The Balaban J connectivity index is 2.66. The van der Waals surface area contributed by atoms with Crippen LogP contribution in [-0.2, 0) is 4.79 Å². The van der Waals surface area contributed by atoms with Crippen LogP contribution in [0.25, 0.3) is 0 Å². The third-order valence-electron chi connectivity index (χ3n) is 2.04. The molecule has 0 fully saturated rings. The molecular formula is C12H13FO3. The van der Waals surface area contributed by atoms with Crippen molar-refractivity contribution in [2.45, 2.75) is 20.3 Å². The molecule has 1 aromatic rings. The Labute approximate surface area is 93.2 Å². The van der Waals surface area contributed by atoms with Crippen molar-refractivity contribution in [1.82, 2.24) is 0 Å². The lowest BCUT2D eigenvalue weighted by molar-refractivity contribution is -0.117. The van der Waals surface area contributed by atoms with Crippen LogP contribution in [0.2, 0.25) is 0 Å². The fourth-order valence-electron chi connectivity index (χ4n) is 1.18. The fraction of sp³-hybridized carbons (Fsp3) is 0.333. The normalized spacial score (nSPS) is 9.94. The number of Topliss-reactive ketones (excluding diaryl/α,β-unsaturated/α-hetero) is 2. The van der Waals surface area contributed by atoms with Crippen LogP contribution in [0, 0.1) is 5.82 Å². The van der Waals surface area contributed by atoms with Gasteiger partial charge in [0.2, 0.25) is 0 Å². The summed E-state index contributed by atoms with van der Waals surface area (Å²) in [5.74, 6) is -0.592. The molecule has 0 aliphatic carbocycles. The number of hydrogen-bond acceptors (Lipinski definition) is 3. The van der Waals surface area contributed by atoms with Crippen molar-refractivity contribution in [3.8, 4) is 5.75 Å². The van der Waals surface area contributed by atoms with Crippen LogP contribution in [0.5, 0.6) is 5.75 Å². The minimum atomic E-state index is -0.604. The highest BCUT2D eigenvalue weighted by molar-refractivity contribution is 5.94. The average Bonchev–Trinajstić information content (AvgIpc) is 2.16. The number of ketones is 2. The van der Waals surface area contributed by atoms with Crippen molar-refractivity contribution in [2.24, 2.45) is 0 Å². The van der Waals surface area contributed by atoms with E-state index in [4.69, 9.17) is 4.74 Å². The van der Waals surface area contributed by atoms with Crippen LogP contribution in [0.4, 0.5) is 4.39 Å². The summed E-state index contributed by atoms with van der Waals surface area (Å²) in [6.45, 7) is 2.98. The molecule has 0 heterocycles. The van der Waals surface area contributed by atoms with Gasteiger partial charge in [0.25, 0.3) is 0 Å². The Bertz CT molecular complexity index is 413. The Morgan fingerprint density at radius 1 is 1.31 bits per heavy atom. The van der Waals surface area contributed by atoms with Gasteiger partial charge in [-0.2, -0.15) is 0 Å². The van der Waals surface area contributed by atoms with Crippen molar-refractivity contribution in [2.75, 3.05) is 6.61 Å². The molecule has 1 aromatic carbocycles. The molecule has 4 heteroatoms. The second-order valence-electron chi connectivity index (χ2n) is 3.50. The first-order valence-corrected chi connectivity index (χ1v) is 4.93. The number of halogens is 1. The number of benzene rings is 1. The molecule has 0 aliphatic heterocycles. The summed E-state index contributed by atoms with van der Waals surface area (Å²) < 4.78 is 18.5. The molecule has 0 atom stereocenters. The fourth-order valence-corrected chi connectivity index (χ4v) is 1.18. The molecular weight excluding hydrogens is 211 g/mol. The Morgan fingerprint density at radius 2 is 2.00 bits per heavy atom. The molecule has 0 N–H and O–H groups in total. The predicted molar refractivity (Wildman–Crippen MR) is 57.2 cm³/mol. The summed E-state index contributed by atoms with van der Waals surface area (Å²) in [7, 11) is 0. The summed E-state index contributed by atoms with van der Waals surface area (Å²) >= 11 is 0. The molecule has 16 heavy (non-hydrogen) atoms. The molecule has 0 spiro atoms. The van der Waals surface area contributed by atoms with Gasteiger partial charge in [0, 0.05) is 12.5 Å². The molecule has 1 rings (SSSR count). The van der Waals surface area contributed by atoms with Gasteiger partial charge < -0.3 is 4.74 Å². The van der Waals surface area contributed by atoms with Crippen LogP contribution in [0.15, 0.2) is 18.2 Å². The maximum atomic E-state index is 13.3. The van der Waals surface area contributed by atoms with Gasteiger partial charge in [0.05, 0.1) is 12.2 Å². The molecule has 0 saturated carbocycles. The van der Waals surface area contributed by atoms with Crippen molar-refractivity contribution >= 4 is 11.6 Å². The van der Waals surface area contributed by atoms with Gasteiger partial charge in [-0.3, -0.25) is 9.59 Å². The third kappa shape index (κ3) is 3.46. The first kappa shape index (κ1) is 12.4. The Hall–Kier alpha value is -1.71. The van der Waals surface area contributed by atoms with Gasteiger partial charge in [0.15, 0.2) is 5.78 Å². The molecule has 3 nitrogen and oxygen atoms in total. The van der Waals surface area contributed by atoms with E-state index in [1.807, 2.05) is 0 Å². The van der Waals surface area contributed by atoms with E-state index >= 15 is 0 Å². The standard InChI is InChI=1S/C12H13FO3/c1-8(14)5-6-16-10-3-4-11(9(2)15)12(13)7-10/h3-4,7H,5-6H2,1-2H3. The topological polar surface area (TPSA) is 43.4 Å². The smallest absolute Gasteiger partial charge is 0.162 e. The zero-order valence-corrected chi connectivity index (χ0v) is 9.25. The van der Waals surface area contributed by atoms with E-state index < -0.39 is 5.82 Å². The van der Waals surface area contributed by atoms with E-state index in [9.17, 15) is 14.0 Å². The lowest BCUT2D eigenvalue weighted by atomic mass is 10.1. The molecule has 0 radical (unpaired) electrons. The number of hydrogen-bond donors (Lipinski definition) is 0.